The van der Waals surface area contributed by atoms with E-state index >= 15 is 0 Å². The molecule has 0 fully saturated rings. The Morgan fingerprint density at radius 1 is 0.800 bits per heavy atom. The van der Waals surface area contributed by atoms with Crippen molar-refractivity contribution < 1.29 is 14.2 Å². The predicted octanol–water partition coefficient (Wildman–Crippen LogP) is 3.58. The topological polar surface area (TPSA) is 53.7 Å². The van der Waals surface area contributed by atoms with Crippen LogP contribution in [0.5, 0.6) is 0 Å². The number of hydrogen-bond acceptors (Lipinski definition) is 4. The first-order valence-corrected chi connectivity index (χ1v) is 7.36. The summed E-state index contributed by atoms with van der Waals surface area (Å²) in [5, 5.41) is 0. The standard InChI is InChI=1S/C6H14O.C5H12O.C3H9N.C2H6O/c1-4-6(2)5-7-3;1-5(2)4-6-3;1-3(2)4;1-3-2/h6H,4-5H2,1-3H3;5H,4H2,1-3H3;3H,4H2,1-2H3;1-2H3. The van der Waals surface area contributed by atoms with Gasteiger partial charge in [-0.1, -0.05) is 48.0 Å². The Bertz CT molecular complexity index is 128. The van der Waals surface area contributed by atoms with Gasteiger partial charge in [0.1, 0.15) is 0 Å². The van der Waals surface area contributed by atoms with Gasteiger partial charge in [-0.25, -0.2) is 0 Å². The maximum absolute atomic E-state index is 5.11. The minimum absolute atomic E-state index is 0.333. The van der Waals surface area contributed by atoms with Crippen molar-refractivity contribution in [2.45, 2.75) is 54.0 Å². The van der Waals surface area contributed by atoms with E-state index in [4.69, 9.17) is 15.2 Å². The molecule has 0 spiro atoms. The number of hydrogen-bond donors (Lipinski definition) is 1. The highest BCUT2D eigenvalue weighted by Crippen LogP contribution is 1.98. The van der Waals surface area contributed by atoms with Crippen LogP contribution in [0.15, 0.2) is 0 Å². The Morgan fingerprint density at radius 2 is 1.10 bits per heavy atom. The Labute approximate surface area is 128 Å². The minimum Gasteiger partial charge on any atom is -0.388 e. The van der Waals surface area contributed by atoms with Crippen molar-refractivity contribution in [3.05, 3.63) is 0 Å². The number of rotatable bonds is 5. The molecule has 128 valence electrons. The fraction of sp³-hybridized carbons (Fsp3) is 1.00. The maximum Gasteiger partial charge on any atom is 0.0487 e. The molecule has 1 atom stereocenters. The van der Waals surface area contributed by atoms with Gasteiger partial charge in [-0.2, -0.15) is 0 Å². The molecule has 0 aromatic carbocycles. The van der Waals surface area contributed by atoms with E-state index in [2.05, 4.69) is 32.4 Å². The largest absolute Gasteiger partial charge is 0.388 e. The van der Waals surface area contributed by atoms with Gasteiger partial charge >= 0.3 is 0 Å². The molecule has 0 aromatic heterocycles. The van der Waals surface area contributed by atoms with Crippen LogP contribution in [0.25, 0.3) is 0 Å². The molecular formula is C16H41NO3. The second kappa shape index (κ2) is 27.2. The van der Waals surface area contributed by atoms with Crippen LogP contribution in [0, 0.1) is 11.8 Å². The third-order valence-corrected chi connectivity index (χ3v) is 1.65. The first-order valence-electron chi connectivity index (χ1n) is 7.36. The van der Waals surface area contributed by atoms with Gasteiger partial charge in [0.2, 0.25) is 0 Å². The van der Waals surface area contributed by atoms with Gasteiger partial charge < -0.3 is 19.9 Å². The zero-order chi connectivity index (χ0) is 17.0. The maximum atomic E-state index is 5.11. The second-order valence-electron chi connectivity index (χ2n) is 5.47. The molecule has 0 aliphatic heterocycles. The van der Waals surface area contributed by atoms with E-state index in [9.17, 15) is 0 Å². The predicted molar refractivity (Wildman–Crippen MR) is 90.3 cm³/mol. The molecule has 0 saturated heterocycles. The summed E-state index contributed by atoms with van der Waals surface area (Å²) in [6.07, 6.45) is 1.22. The van der Waals surface area contributed by atoms with Crippen LogP contribution in [0.1, 0.15) is 48.0 Å². The van der Waals surface area contributed by atoms with Crippen molar-refractivity contribution in [2.24, 2.45) is 17.6 Å². The molecule has 0 radical (unpaired) electrons. The molecule has 0 heterocycles. The zero-order valence-electron chi connectivity index (χ0n) is 15.7. The lowest BCUT2D eigenvalue weighted by Gasteiger charge is -2.03. The molecule has 4 nitrogen and oxygen atoms in total. The number of nitrogens with two attached hydrogens (primary N) is 1. The van der Waals surface area contributed by atoms with Gasteiger partial charge in [-0.15, -0.1) is 0 Å². The van der Waals surface area contributed by atoms with E-state index in [1.54, 1.807) is 28.4 Å². The summed E-state index contributed by atoms with van der Waals surface area (Å²) in [6, 6.07) is 0.333. The van der Waals surface area contributed by atoms with Crippen LogP contribution in [-0.2, 0) is 14.2 Å². The van der Waals surface area contributed by atoms with Gasteiger partial charge in [-0.05, 0) is 17.9 Å². The Balaban J connectivity index is -0.0000000899. The van der Waals surface area contributed by atoms with Crippen molar-refractivity contribution in [1.82, 2.24) is 0 Å². The molecule has 0 rings (SSSR count). The molecule has 1 unspecified atom stereocenters. The lowest BCUT2D eigenvalue weighted by Crippen LogP contribution is -2.06. The highest BCUT2D eigenvalue weighted by atomic mass is 16.5. The molecule has 0 saturated carbocycles. The zero-order valence-corrected chi connectivity index (χ0v) is 15.7. The van der Waals surface area contributed by atoms with Crippen LogP contribution in [0.3, 0.4) is 0 Å². The van der Waals surface area contributed by atoms with Gasteiger partial charge in [0.25, 0.3) is 0 Å². The van der Waals surface area contributed by atoms with Crippen LogP contribution in [0.2, 0.25) is 0 Å². The normalized spacial score (nSPS) is 10.7. The van der Waals surface area contributed by atoms with E-state index in [1.165, 1.54) is 6.42 Å². The van der Waals surface area contributed by atoms with Gasteiger partial charge in [0, 0.05) is 41.7 Å². The van der Waals surface area contributed by atoms with Gasteiger partial charge in [-0.3, -0.25) is 0 Å². The molecule has 20 heavy (non-hydrogen) atoms. The highest BCUT2D eigenvalue weighted by molar-refractivity contribution is 4.43. The van der Waals surface area contributed by atoms with Crippen molar-refractivity contribution in [3.8, 4) is 0 Å². The minimum atomic E-state index is 0.333. The average molecular weight is 296 g/mol. The van der Waals surface area contributed by atoms with Crippen molar-refractivity contribution in [3.63, 3.8) is 0 Å². The monoisotopic (exact) mass is 295 g/mol. The molecule has 2 N–H and O–H groups in total. The van der Waals surface area contributed by atoms with Crippen molar-refractivity contribution >= 4 is 0 Å². The average Bonchev–Trinajstić information content (AvgIpc) is 2.30. The second-order valence-corrected chi connectivity index (χ2v) is 5.47. The number of methoxy groups -OCH3 is 3. The van der Waals surface area contributed by atoms with E-state index in [0.29, 0.717) is 12.0 Å². The van der Waals surface area contributed by atoms with E-state index in [-0.39, 0.29) is 0 Å². The van der Waals surface area contributed by atoms with Crippen LogP contribution >= 0.6 is 0 Å². The highest BCUT2D eigenvalue weighted by Gasteiger charge is 1.93. The summed E-state index contributed by atoms with van der Waals surface area (Å²) < 4.78 is 13.9. The first-order chi connectivity index (χ1) is 9.22. The van der Waals surface area contributed by atoms with Crippen molar-refractivity contribution in [1.29, 1.82) is 0 Å². The fourth-order valence-electron chi connectivity index (χ4n) is 0.736. The summed E-state index contributed by atoms with van der Waals surface area (Å²) in [4.78, 5) is 0. The van der Waals surface area contributed by atoms with Crippen molar-refractivity contribution in [2.75, 3.05) is 41.7 Å². The molecule has 0 aromatic rings. The molecule has 0 aliphatic rings. The molecule has 0 amide bonds. The van der Waals surface area contributed by atoms with Crippen LogP contribution in [-0.4, -0.2) is 47.7 Å². The Morgan fingerprint density at radius 3 is 1.15 bits per heavy atom. The summed E-state index contributed by atoms with van der Waals surface area (Å²) in [5.74, 6) is 1.40. The third kappa shape index (κ3) is 82.3. The summed E-state index contributed by atoms with van der Waals surface area (Å²) in [7, 11) is 6.71. The molecular weight excluding hydrogens is 254 g/mol. The Kier molecular flexibility index (Phi) is 38.2. The third-order valence-electron chi connectivity index (χ3n) is 1.65. The fourth-order valence-corrected chi connectivity index (χ4v) is 0.736. The molecule has 0 aliphatic carbocycles. The first kappa shape index (κ1) is 28.1. The van der Waals surface area contributed by atoms with E-state index in [1.807, 2.05) is 13.8 Å². The van der Waals surface area contributed by atoms with Gasteiger partial charge in [0.15, 0.2) is 0 Å². The smallest absolute Gasteiger partial charge is 0.0487 e. The van der Waals surface area contributed by atoms with Gasteiger partial charge in [0.05, 0.1) is 0 Å². The lowest BCUT2D eigenvalue weighted by atomic mass is 10.1. The molecule has 4 heteroatoms. The van der Waals surface area contributed by atoms with E-state index < -0.39 is 0 Å². The summed E-state index contributed by atoms with van der Waals surface area (Å²) in [6.45, 7) is 14.3. The SMILES string of the molecule is CC(C)N.CCC(C)COC.COC.COCC(C)C. The summed E-state index contributed by atoms with van der Waals surface area (Å²) in [5.41, 5.74) is 5.11. The summed E-state index contributed by atoms with van der Waals surface area (Å²) >= 11 is 0. The quantitative estimate of drug-likeness (QED) is 0.842. The van der Waals surface area contributed by atoms with Crippen LogP contribution in [0.4, 0.5) is 0 Å². The van der Waals surface area contributed by atoms with E-state index in [0.717, 1.165) is 19.1 Å². The van der Waals surface area contributed by atoms with Crippen LogP contribution < -0.4 is 5.73 Å². The molecule has 0 bridgehead atoms. The Hall–Kier alpha value is -0.160. The lowest BCUT2D eigenvalue weighted by molar-refractivity contribution is 0.158. The number of ether oxygens (including phenoxy) is 3.